The van der Waals surface area contributed by atoms with E-state index in [1.165, 1.54) is 6.07 Å². The van der Waals surface area contributed by atoms with Gasteiger partial charge in [-0.3, -0.25) is 0 Å². The lowest BCUT2D eigenvalue weighted by Gasteiger charge is -2.22. The van der Waals surface area contributed by atoms with Gasteiger partial charge in [0.05, 0.1) is 5.69 Å². The van der Waals surface area contributed by atoms with Gasteiger partial charge >= 0.3 is 0 Å². The fourth-order valence-electron chi connectivity index (χ4n) is 2.49. The smallest absolute Gasteiger partial charge is 0.232 e. The van der Waals surface area contributed by atoms with Crippen molar-refractivity contribution in [3.8, 4) is 0 Å². The van der Waals surface area contributed by atoms with E-state index in [1.807, 2.05) is 49.1 Å². The number of rotatable bonds is 5. The highest BCUT2D eigenvalue weighted by Gasteiger charge is 2.12. The lowest BCUT2D eigenvalue weighted by Crippen LogP contribution is -2.19. The molecule has 0 unspecified atom stereocenters. The molecule has 0 amide bonds. The highest BCUT2D eigenvalue weighted by molar-refractivity contribution is 5.62. The molecule has 0 saturated carbocycles. The van der Waals surface area contributed by atoms with Crippen LogP contribution in [0.4, 0.5) is 27.5 Å². The van der Waals surface area contributed by atoms with Crippen molar-refractivity contribution < 1.29 is 4.39 Å². The fraction of sp³-hybridized carbons (Fsp3) is 0.158. The van der Waals surface area contributed by atoms with Crippen LogP contribution in [0.3, 0.4) is 0 Å². The Morgan fingerprint density at radius 3 is 2.42 bits per heavy atom. The van der Waals surface area contributed by atoms with E-state index in [-0.39, 0.29) is 5.82 Å². The van der Waals surface area contributed by atoms with Gasteiger partial charge in [0.15, 0.2) is 0 Å². The van der Waals surface area contributed by atoms with Crippen LogP contribution < -0.4 is 10.2 Å². The second kappa shape index (κ2) is 7.08. The molecule has 0 radical (unpaired) electrons. The lowest BCUT2D eigenvalue weighted by atomic mass is 10.3. The minimum atomic E-state index is -0.314. The summed E-state index contributed by atoms with van der Waals surface area (Å²) in [5, 5.41) is 3.03. The number of nitrogens with one attached hydrogen (secondary N) is 1. The van der Waals surface area contributed by atoms with Gasteiger partial charge in [-0.05, 0) is 38.1 Å². The standard InChI is InChI=1S/C19H19FN4/c1-3-24(15-9-5-4-6-10-15)19-21-14(2)13-18(23-19)22-17-12-8-7-11-16(17)20/h4-13H,3H2,1-2H3,(H,21,22,23). The van der Waals surface area contributed by atoms with E-state index in [9.17, 15) is 4.39 Å². The molecule has 2 aromatic carbocycles. The molecular weight excluding hydrogens is 303 g/mol. The summed E-state index contributed by atoms with van der Waals surface area (Å²) in [6.45, 7) is 4.67. The van der Waals surface area contributed by atoms with E-state index in [0.717, 1.165) is 17.9 Å². The van der Waals surface area contributed by atoms with Gasteiger partial charge in [-0.25, -0.2) is 9.37 Å². The molecule has 4 nitrogen and oxygen atoms in total. The van der Waals surface area contributed by atoms with Crippen molar-refractivity contribution in [3.63, 3.8) is 0 Å². The number of aromatic nitrogens is 2. The number of nitrogens with zero attached hydrogens (tertiary/aromatic N) is 3. The summed E-state index contributed by atoms with van der Waals surface area (Å²) < 4.78 is 13.8. The van der Waals surface area contributed by atoms with Crippen LogP contribution in [-0.2, 0) is 0 Å². The van der Waals surface area contributed by atoms with Gasteiger partial charge < -0.3 is 10.2 Å². The average molecular weight is 322 g/mol. The molecule has 1 aromatic heterocycles. The Labute approximate surface area is 141 Å². The van der Waals surface area contributed by atoms with Crippen LogP contribution in [0, 0.1) is 12.7 Å². The molecule has 24 heavy (non-hydrogen) atoms. The Hall–Kier alpha value is -2.95. The van der Waals surface area contributed by atoms with E-state index in [1.54, 1.807) is 24.3 Å². The van der Waals surface area contributed by atoms with Crippen LogP contribution in [0.2, 0.25) is 0 Å². The summed E-state index contributed by atoms with van der Waals surface area (Å²) in [5.74, 6) is 0.838. The van der Waals surface area contributed by atoms with Gasteiger partial charge in [0, 0.05) is 24.0 Å². The quantitative estimate of drug-likeness (QED) is 0.731. The van der Waals surface area contributed by atoms with Crippen molar-refractivity contribution in [1.82, 2.24) is 9.97 Å². The predicted octanol–water partition coefficient (Wildman–Crippen LogP) is 4.83. The van der Waals surface area contributed by atoms with Crippen molar-refractivity contribution in [2.45, 2.75) is 13.8 Å². The van der Waals surface area contributed by atoms with E-state index in [4.69, 9.17) is 0 Å². The Morgan fingerprint density at radius 2 is 1.71 bits per heavy atom. The second-order valence-corrected chi connectivity index (χ2v) is 5.38. The molecule has 1 N–H and O–H groups in total. The average Bonchev–Trinajstić information content (AvgIpc) is 2.58. The highest BCUT2D eigenvalue weighted by Crippen LogP contribution is 2.25. The largest absolute Gasteiger partial charge is 0.338 e. The highest BCUT2D eigenvalue weighted by atomic mass is 19.1. The number of para-hydroxylation sites is 2. The molecule has 0 saturated heterocycles. The van der Waals surface area contributed by atoms with Gasteiger partial charge in [0.1, 0.15) is 11.6 Å². The Kier molecular flexibility index (Phi) is 4.70. The monoisotopic (exact) mass is 322 g/mol. The number of hydrogen-bond donors (Lipinski definition) is 1. The first-order valence-corrected chi connectivity index (χ1v) is 7.87. The maximum Gasteiger partial charge on any atom is 0.232 e. The number of halogens is 1. The molecule has 3 rings (SSSR count). The summed E-state index contributed by atoms with van der Waals surface area (Å²) >= 11 is 0. The van der Waals surface area contributed by atoms with Crippen LogP contribution in [0.25, 0.3) is 0 Å². The molecular formula is C19H19FN4. The zero-order valence-corrected chi connectivity index (χ0v) is 13.7. The van der Waals surface area contributed by atoms with Gasteiger partial charge in [0.25, 0.3) is 0 Å². The summed E-state index contributed by atoms with van der Waals surface area (Å²) in [7, 11) is 0. The molecule has 0 aliphatic carbocycles. The van der Waals surface area contributed by atoms with Crippen molar-refractivity contribution in [1.29, 1.82) is 0 Å². The summed E-state index contributed by atoms with van der Waals surface area (Å²) in [5.41, 5.74) is 2.22. The van der Waals surface area contributed by atoms with Gasteiger partial charge in [-0.1, -0.05) is 30.3 Å². The van der Waals surface area contributed by atoms with Crippen LogP contribution in [0.15, 0.2) is 60.7 Å². The topological polar surface area (TPSA) is 41.1 Å². The molecule has 0 aliphatic heterocycles. The summed E-state index contributed by atoms with van der Waals surface area (Å²) in [6.07, 6.45) is 0. The lowest BCUT2D eigenvalue weighted by molar-refractivity contribution is 0.632. The third-order valence-corrected chi connectivity index (χ3v) is 3.60. The predicted molar refractivity (Wildman–Crippen MR) is 95.6 cm³/mol. The normalized spacial score (nSPS) is 10.5. The molecule has 3 aromatic rings. The van der Waals surface area contributed by atoms with Crippen LogP contribution in [0.5, 0.6) is 0 Å². The Bertz CT molecular complexity index is 821. The molecule has 0 spiro atoms. The Morgan fingerprint density at radius 1 is 1.00 bits per heavy atom. The number of benzene rings is 2. The van der Waals surface area contributed by atoms with Crippen molar-refractivity contribution >= 4 is 23.1 Å². The molecule has 1 heterocycles. The summed E-state index contributed by atoms with van der Waals surface area (Å²) in [6, 6.07) is 18.3. The SMILES string of the molecule is CCN(c1ccccc1)c1nc(C)cc(Nc2ccccc2F)n1. The van der Waals surface area contributed by atoms with Crippen LogP contribution in [0.1, 0.15) is 12.6 Å². The zero-order valence-electron chi connectivity index (χ0n) is 13.7. The van der Waals surface area contributed by atoms with Crippen molar-refractivity contribution in [3.05, 3.63) is 72.2 Å². The van der Waals surface area contributed by atoms with Crippen molar-refractivity contribution in [2.75, 3.05) is 16.8 Å². The van der Waals surface area contributed by atoms with Gasteiger partial charge in [0.2, 0.25) is 5.95 Å². The van der Waals surface area contributed by atoms with E-state index >= 15 is 0 Å². The molecule has 0 bridgehead atoms. The first kappa shape index (κ1) is 15.9. The first-order chi connectivity index (χ1) is 11.7. The fourth-order valence-corrected chi connectivity index (χ4v) is 2.49. The van der Waals surface area contributed by atoms with E-state index in [0.29, 0.717) is 17.5 Å². The minimum Gasteiger partial charge on any atom is -0.338 e. The third kappa shape index (κ3) is 3.51. The number of aryl methyl sites for hydroxylation is 1. The molecule has 122 valence electrons. The summed E-state index contributed by atoms with van der Waals surface area (Å²) in [4.78, 5) is 11.1. The third-order valence-electron chi connectivity index (χ3n) is 3.60. The first-order valence-electron chi connectivity index (χ1n) is 7.87. The number of hydrogen-bond acceptors (Lipinski definition) is 4. The van der Waals surface area contributed by atoms with E-state index in [2.05, 4.69) is 15.3 Å². The molecule has 5 heteroatoms. The van der Waals surface area contributed by atoms with Crippen LogP contribution >= 0.6 is 0 Å². The van der Waals surface area contributed by atoms with Crippen molar-refractivity contribution in [2.24, 2.45) is 0 Å². The Balaban J connectivity index is 1.95. The van der Waals surface area contributed by atoms with Gasteiger partial charge in [-0.2, -0.15) is 4.98 Å². The zero-order chi connectivity index (χ0) is 16.9. The minimum absolute atomic E-state index is 0.314. The maximum absolute atomic E-state index is 13.8. The molecule has 0 aliphatic rings. The molecule has 0 fully saturated rings. The van der Waals surface area contributed by atoms with E-state index < -0.39 is 0 Å². The van der Waals surface area contributed by atoms with Crippen LogP contribution in [-0.4, -0.2) is 16.5 Å². The number of anilines is 4. The molecule has 0 atom stereocenters. The maximum atomic E-state index is 13.8. The van der Waals surface area contributed by atoms with Gasteiger partial charge in [-0.15, -0.1) is 0 Å². The second-order valence-electron chi connectivity index (χ2n) is 5.38.